The average molecular weight is 333 g/mol. The Morgan fingerprint density at radius 3 is 2.91 bits per heavy atom. The summed E-state index contributed by atoms with van der Waals surface area (Å²) in [5.41, 5.74) is 1.16. The number of urea groups is 1. The predicted molar refractivity (Wildman–Crippen MR) is 91.4 cm³/mol. The number of amides is 2. The zero-order valence-corrected chi connectivity index (χ0v) is 14.2. The second kappa shape index (κ2) is 7.66. The Kier molecular flexibility index (Phi) is 5.35. The number of nitrogens with one attached hydrogen (secondary N) is 1. The Morgan fingerprint density at radius 2 is 2.26 bits per heavy atom. The standard InChI is InChI=1S/C17H23N3O2S/c1-19(12-14-6-10-23-13-14)17(21)18-11-15(16-5-4-9-22-16)20-7-2-3-8-20/h4-6,9-10,13,15H,2-3,7-8,11-12H2,1H3,(H,18,21). The summed E-state index contributed by atoms with van der Waals surface area (Å²) in [6.45, 7) is 3.32. The van der Waals surface area contributed by atoms with Gasteiger partial charge in [0.1, 0.15) is 5.76 Å². The Bertz CT molecular complexity index is 591. The van der Waals surface area contributed by atoms with Gasteiger partial charge in [0.25, 0.3) is 0 Å². The molecule has 1 atom stereocenters. The Labute approximate surface area is 140 Å². The molecular formula is C17H23N3O2S. The third-order valence-electron chi connectivity index (χ3n) is 4.25. The van der Waals surface area contributed by atoms with Crippen molar-refractivity contribution in [1.82, 2.24) is 15.1 Å². The number of hydrogen-bond acceptors (Lipinski definition) is 4. The summed E-state index contributed by atoms with van der Waals surface area (Å²) in [6.07, 6.45) is 4.12. The fourth-order valence-electron chi connectivity index (χ4n) is 2.99. The van der Waals surface area contributed by atoms with Gasteiger partial charge in [-0.3, -0.25) is 4.90 Å². The largest absolute Gasteiger partial charge is 0.468 e. The molecule has 3 rings (SSSR count). The number of nitrogens with zero attached hydrogens (tertiary/aromatic N) is 2. The monoisotopic (exact) mass is 333 g/mol. The molecule has 1 fully saturated rings. The van der Waals surface area contributed by atoms with Crippen LogP contribution in [0.3, 0.4) is 0 Å². The SMILES string of the molecule is CN(Cc1ccsc1)C(=O)NCC(c1ccco1)N1CCCC1. The Morgan fingerprint density at radius 1 is 1.43 bits per heavy atom. The highest BCUT2D eigenvalue weighted by molar-refractivity contribution is 7.07. The second-order valence-corrected chi connectivity index (χ2v) is 6.73. The zero-order chi connectivity index (χ0) is 16.1. The van der Waals surface area contributed by atoms with E-state index in [2.05, 4.69) is 15.6 Å². The molecule has 0 aliphatic carbocycles. The van der Waals surface area contributed by atoms with Gasteiger partial charge in [0.2, 0.25) is 0 Å². The number of furan rings is 1. The molecule has 0 aromatic carbocycles. The number of rotatable bonds is 6. The lowest BCUT2D eigenvalue weighted by molar-refractivity contribution is 0.187. The van der Waals surface area contributed by atoms with E-state index in [9.17, 15) is 4.79 Å². The highest BCUT2D eigenvalue weighted by Crippen LogP contribution is 2.24. The van der Waals surface area contributed by atoms with Crippen LogP contribution in [0.1, 0.15) is 30.2 Å². The van der Waals surface area contributed by atoms with Gasteiger partial charge in [-0.1, -0.05) is 0 Å². The first-order valence-corrected chi connectivity index (χ1v) is 8.96. The van der Waals surface area contributed by atoms with Crippen molar-refractivity contribution in [2.75, 3.05) is 26.7 Å². The first kappa shape index (κ1) is 16.1. The van der Waals surface area contributed by atoms with Crippen LogP contribution in [0.2, 0.25) is 0 Å². The van der Waals surface area contributed by atoms with E-state index in [-0.39, 0.29) is 12.1 Å². The van der Waals surface area contributed by atoms with Gasteiger partial charge in [-0.25, -0.2) is 4.79 Å². The van der Waals surface area contributed by atoms with E-state index in [0.717, 1.165) is 24.4 Å². The van der Waals surface area contributed by atoms with Gasteiger partial charge in [-0.2, -0.15) is 11.3 Å². The molecule has 0 spiro atoms. The lowest BCUT2D eigenvalue weighted by Crippen LogP contribution is -2.42. The van der Waals surface area contributed by atoms with E-state index in [1.807, 2.05) is 30.6 Å². The van der Waals surface area contributed by atoms with Crippen LogP contribution in [0.4, 0.5) is 4.79 Å². The van der Waals surface area contributed by atoms with Crippen LogP contribution < -0.4 is 5.32 Å². The van der Waals surface area contributed by atoms with Gasteiger partial charge in [0.15, 0.2) is 0 Å². The van der Waals surface area contributed by atoms with E-state index in [1.165, 1.54) is 12.8 Å². The van der Waals surface area contributed by atoms with Crippen LogP contribution in [0.5, 0.6) is 0 Å². The van der Waals surface area contributed by atoms with Crippen molar-refractivity contribution in [2.45, 2.75) is 25.4 Å². The first-order chi connectivity index (χ1) is 11.2. The summed E-state index contributed by atoms with van der Waals surface area (Å²) < 4.78 is 5.58. The maximum Gasteiger partial charge on any atom is 0.317 e. The number of hydrogen-bond donors (Lipinski definition) is 1. The number of thiophene rings is 1. The zero-order valence-electron chi connectivity index (χ0n) is 13.4. The fraction of sp³-hybridized carbons (Fsp3) is 0.471. The molecule has 1 unspecified atom stereocenters. The molecule has 23 heavy (non-hydrogen) atoms. The van der Waals surface area contributed by atoms with Crippen LogP contribution in [0.15, 0.2) is 39.6 Å². The second-order valence-electron chi connectivity index (χ2n) is 5.95. The van der Waals surface area contributed by atoms with Gasteiger partial charge >= 0.3 is 6.03 Å². The van der Waals surface area contributed by atoms with Crippen LogP contribution in [-0.2, 0) is 6.54 Å². The molecule has 1 aliphatic rings. The number of likely N-dealkylation sites (tertiary alicyclic amines) is 1. The first-order valence-electron chi connectivity index (χ1n) is 8.01. The third kappa shape index (κ3) is 4.14. The Balaban J connectivity index is 1.56. The fourth-order valence-corrected chi connectivity index (χ4v) is 3.65. The predicted octanol–water partition coefficient (Wildman–Crippen LogP) is 3.32. The molecule has 2 amide bonds. The summed E-state index contributed by atoms with van der Waals surface area (Å²) in [4.78, 5) is 16.4. The summed E-state index contributed by atoms with van der Waals surface area (Å²) in [5, 5.41) is 7.15. The maximum atomic E-state index is 12.3. The van der Waals surface area contributed by atoms with Crippen molar-refractivity contribution in [1.29, 1.82) is 0 Å². The molecule has 0 saturated carbocycles. The van der Waals surface area contributed by atoms with Gasteiger partial charge in [-0.05, 0) is 60.5 Å². The summed E-state index contributed by atoms with van der Waals surface area (Å²) in [7, 11) is 1.82. The van der Waals surface area contributed by atoms with Crippen molar-refractivity contribution < 1.29 is 9.21 Å². The minimum Gasteiger partial charge on any atom is -0.468 e. The lowest BCUT2D eigenvalue weighted by atomic mass is 10.2. The molecule has 1 N–H and O–H groups in total. The molecule has 6 heteroatoms. The molecule has 124 valence electrons. The third-order valence-corrected chi connectivity index (χ3v) is 4.98. The minimum absolute atomic E-state index is 0.0491. The highest BCUT2D eigenvalue weighted by Gasteiger charge is 2.26. The molecule has 5 nitrogen and oxygen atoms in total. The van der Waals surface area contributed by atoms with Crippen molar-refractivity contribution in [3.8, 4) is 0 Å². The minimum atomic E-state index is -0.0491. The summed E-state index contributed by atoms with van der Waals surface area (Å²) in [5.74, 6) is 0.924. The van der Waals surface area contributed by atoms with Gasteiger partial charge < -0.3 is 14.6 Å². The smallest absolute Gasteiger partial charge is 0.317 e. The molecular weight excluding hydrogens is 310 g/mol. The average Bonchev–Trinajstić information content (AvgIpc) is 3.31. The van der Waals surface area contributed by atoms with Gasteiger partial charge in [0, 0.05) is 20.1 Å². The van der Waals surface area contributed by atoms with E-state index >= 15 is 0 Å². The van der Waals surface area contributed by atoms with Crippen LogP contribution in [0, 0.1) is 0 Å². The van der Waals surface area contributed by atoms with Gasteiger partial charge in [-0.15, -0.1) is 0 Å². The molecule has 0 bridgehead atoms. The molecule has 1 saturated heterocycles. The summed E-state index contributed by atoms with van der Waals surface area (Å²) in [6, 6.07) is 6.01. The van der Waals surface area contributed by atoms with Crippen molar-refractivity contribution >= 4 is 17.4 Å². The summed E-state index contributed by atoms with van der Waals surface area (Å²) >= 11 is 1.65. The maximum absolute atomic E-state index is 12.3. The van der Waals surface area contributed by atoms with E-state index in [4.69, 9.17) is 4.42 Å². The van der Waals surface area contributed by atoms with Crippen LogP contribution in [0.25, 0.3) is 0 Å². The molecule has 2 aromatic heterocycles. The number of carbonyl (C=O) groups is 1. The highest BCUT2D eigenvalue weighted by atomic mass is 32.1. The Hall–Kier alpha value is -1.79. The van der Waals surface area contributed by atoms with Crippen molar-refractivity contribution in [2.24, 2.45) is 0 Å². The molecule has 0 radical (unpaired) electrons. The van der Waals surface area contributed by atoms with Crippen molar-refractivity contribution in [3.05, 3.63) is 46.5 Å². The lowest BCUT2D eigenvalue weighted by Gasteiger charge is -2.27. The topological polar surface area (TPSA) is 48.7 Å². The van der Waals surface area contributed by atoms with E-state index in [1.54, 1.807) is 22.5 Å². The molecule has 3 heterocycles. The van der Waals surface area contributed by atoms with E-state index < -0.39 is 0 Å². The molecule has 1 aliphatic heterocycles. The van der Waals surface area contributed by atoms with Crippen molar-refractivity contribution in [3.63, 3.8) is 0 Å². The van der Waals surface area contributed by atoms with E-state index in [0.29, 0.717) is 13.1 Å². The van der Waals surface area contributed by atoms with Crippen LogP contribution >= 0.6 is 11.3 Å². The van der Waals surface area contributed by atoms with Crippen LogP contribution in [-0.4, -0.2) is 42.5 Å². The van der Waals surface area contributed by atoms with Gasteiger partial charge in [0.05, 0.1) is 12.3 Å². The normalized spacial score (nSPS) is 16.4. The number of carbonyl (C=O) groups excluding carboxylic acids is 1. The quantitative estimate of drug-likeness (QED) is 0.882. The molecule has 2 aromatic rings.